The highest BCUT2D eigenvalue weighted by atomic mass is 32.2. The van der Waals surface area contributed by atoms with Crippen LogP contribution in [0.3, 0.4) is 0 Å². The van der Waals surface area contributed by atoms with Crippen molar-refractivity contribution in [2.24, 2.45) is 0 Å². The van der Waals surface area contributed by atoms with Crippen LogP contribution in [0, 0.1) is 13.5 Å². The number of benzene rings is 1. The van der Waals surface area contributed by atoms with Crippen LogP contribution in [-0.2, 0) is 23.8 Å². The van der Waals surface area contributed by atoms with Gasteiger partial charge in [0.25, 0.3) is 14.1 Å². The molecule has 1 aromatic carbocycles. The van der Waals surface area contributed by atoms with Crippen molar-refractivity contribution in [3.05, 3.63) is 74.3 Å². The zero-order valence-electron chi connectivity index (χ0n) is 25.5. The third-order valence-electron chi connectivity index (χ3n) is 7.41. The molecule has 1 fully saturated rings. The first kappa shape index (κ1) is 34.1. The highest BCUT2D eigenvalue weighted by Crippen LogP contribution is 2.53. The third-order valence-corrected chi connectivity index (χ3v) is 11.4. The van der Waals surface area contributed by atoms with Crippen molar-refractivity contribution in [3.8, 4) is 0 Å². The summed E-state index contributed by atoms with van der Waals surface area (Å²) in [6.07, 6.45) is -0.258. The number of ether oxygens (including phenoxy) is 1. The minimum absolute atomic E-state index is 0.00347. The summed E-state index contributed by atoms with van der Waals surface area (Å²) in [6, 6.07) is 6.96. The monoisotopic (exact) mass is 623 g/mol. The molecule has 0 radical (unpaired) electrons. The predicted molar refractivity (Wildman–Crippen MR) is 161 cm³/mol. The highest BCUT2D eigenvalue weighted by molar-refractivity contribution is 7.89. The SMILES string of the molecule is [C-]#[N+]CCOP(O[C@H]1[C@@H](N(C)S(=O)(=O)c2ccccc2)[C@H](n2cc(C)c(=O)[nH]c2=O)O[C@]1(C)CC)N(C(C)C)C(C)C. The lowest BCUT2D eigenvalue weighted by atomic mass is 9.93. The lowest BCUT2D eigenvalue weighted by Gasteiger charge is -2.41. The molecule has 2 aromatic rings. The molecular formula is C28H42N5O7PS. The molecule has 3 rings (SSSR count). The Balaban J connectivity index is 2.23. The summed E-state index contributed by atoms with van der Waals surface area (Å²) in [6.45, 7) is 20.8. The molecule has 1 saturated heterocycles. The maximum absolute atomic E-state index is 14.0. The predicted octanol–water partition coefficient (Wildman–Crippen LogP) is 3.90. The molecule has 12 nitrogen and oxygen atoms in total. The van der Waals surface area contributed by atoms with Gasteiger partial charge in [0.15, 0.2) is 6.23 Å². The smallest absolute Gasteiger partial charge is 0.330 e. The van der Waals surface area contributed by atoms with Gasteiger partial charge in [0, 0.05) is 30.9 Å². The van der Waals surface area contributed by atoms with Gasteiger partial charge in [-0.05, 0) is 60.1 Å². The number of aryl methyl sites for hydroxylation is 1. The van der Waals surface area contributed by atoms with E-state index in [0.717, 1.165) is 0 Å². The number of aromatic nitrogens is 2. The average Bonchev–Trinajstić information content (AvgIpc) is 3.22. The molecule has 42 heavy (non-hydrogen) atoms. The number of nitrogens with zero attached hydrogens (tertiary/aromatic N) is 4. The summed E-state index contributed by atoms with van der Waals surface area (Å²) in [5, 5.41) is 0. The van der Waals surface area contributed by atoms with Crippen molar-refractivity contribution in [3.63, 3.8) is 0 Å². The quantitative estimate of drug-likeness (QED) is 0.202. The summed E-state index contributed by atoms with van der Waals surface area (Å²) in [5.41, 5.74) is -2.07. The third kappa shape index (κ3) is 7.03. The second kappa shape index (κ2) is 13.9. The molecule has 1 N–H and O–H groups in total. The van der Waals surface area contributed by atoms with Crippen molar-refractivity contribution in [1.29, 1.82) is 0 Å². The summed E-state index contributed by atoms with van der Waals surface area (Å²) >= 11 is 0. The first-order valence-electron chi connectivity index (χ1n) is 13.9. The molecule has 232 valence electrons. The molecule has 14 heteroatoms. The van der Waals surface area contributed by atoms with E-state index in [1.54, 1.807) is 25.1 Å². The van der Waals surface area contributed by atoms with Crippen LogP contribution < -0.4 is 11.2 Å². The Morgan fingerprint density at radius 1 is 1.19 bits per heavy atom. The van der Waals surface area contributed by atoms with E-state index in [0.29, 0.717) is 6.42 Å². The van der Waals surface area contributed by atoms with Gasteiger partial charge in [0.1, 0.15) is 12.7 Å². The molecule has 1 aliphatic rings. The normalized spacial score (nSPS) is 23.6. The number of aromatic amines is 1. The standard InChI is InChI=1S/C28H42N5O7PS/c1-10-28(7)24(40-41(38-17-16-29-8)33(19(2)3)20(4)5)23(31(9)42(36,37)22-14-12-11-13-15-22)26(39-28)32-18-21(6)25(34)30-27(32)35/h11-15,18-20,23-24,26H,10,16-17H2,1-7,9H3,(H,30,34,35)/t23-,24+,26-,28-,41?/m1/s1. The van der Waals surface area contributed by atoms with Crippen molar-refractivity contribution in [1.82, 2.24) is 18.5 Å². The van der Waals surface area contributed by atoms with Crippen LogP contribution in [0.5, 0.6) is 0 Å². The Hall–Kier alpha value is -2.43. The van der Waals surface area contributed by atoms with E-state index in [9.17, 15) is 18.0 Å². The van der Waals surface area contributed by atoms with Gasteiger partial charge in [0.05, 0.1) is 16.5 Å². The maximum atomic E-state index is 14.0. The van der Waals surface area contributed by atoms with Gasteiger partial charge in [-0.1, -0.05) is 25.1 Å². The first-order valence-corrected chi connectivity index (χ1v) is 16.5. The highest BCUT2D eigenvalue weighted by Gasteiger charge is 2.58. The van der Waals surface area contributed by atoms with E-state index in [1.165, 1.54) is 34.2 Å². The first-order chi connectivity index (χ1) is 19.7. The second-order valence-electron chi connectivity index (χ2n) is 11.0. The van der Waals surface area contributed by atoms with Gasteiger partial charge in [-0.15, -0.1) is 0 Å². The summed E-state index contributed by atoms with van der Waals surface area (Å²) in [4.78, 5) is 31.1. The minimum Gasteiger partial charge on any atom is -0.347 e. The lowest BCUT2D eigenvalue weighted by Crippen LogP contribution is -2.52. The van der Waals surface area contributed by atoms with E-state index in [4.69, 9.17) is 20.4 Å². The molecular weight excluding hydrogens is 581 g/mol. The fourth-order valence-corrected chi connectivity index (χ4v) is 8.26. The van der Waals surface area contributed by atoms with Crippen LogP contribution >= 0.6 is 8.53 Å². The molecule has 0 spiro atoms. The molecule has 1 aliphatic heterocycles. The molecule has 5 atom stereocenters. The Morgan fingerprint density at radius 3 is 2.36 bits per heavy atom. The molecule has 1 aromatic heterocycles. The number of nitrogens with one attached hydrogen (secondary N) is 1. The Labute approximate surface area is 249 Å². The van der Waals surface area contributed by atoms with Crippen LogP contribution in [0.25, 0.3) is 4.85 Å². The van der Waals surface area contributed by atoms with Crippen LogP contribution in [0.4, 0.5) is 0 Å². The zero-order valence-corrected chi connectivity index (χ0v) is 27.2. The Kier molecular flexibility index (Phi) is 11.3. The summed E-state index contributed by atoms with van der Waals surface area (Å²) < 4.78 is 52.0. The second-order valence-corrected chi connectivity index (χ2v) is 14.4. The lowest BCUT2D eigenvalue weighted by molar-refractivity contribution is -0.0914. The summed E-state index contributed by atoms with van der Waals surface area (Å²) in [5.74, 6) is 0. The molecule has 1 unspecified atom stereocenters. The fraction of sp³-hybridized carbons (Fsp3) is 0.607. The van der Waals surface area contributed by atoms with Crippen LogP contribution in [0.1, 0.15) is 59.8 Å². The van der Waals surface area contributed by atoms with E-state index in [-0.39, 0.29) is 35.7 Å². The number of hydrogen-bond acceptors (Lipinski definition) is 8. The average molecular weight is 624 g/mol. The number of rotatable bonds is 13. The van der Waals surface area contributed by atoms with E-state index < -0.39 is 53.8 Å². The topological polar surface area (TPSA) is 128 Å². The van der Waals surface area contributed by atoms with E-state index in [2.05, 4.69) is 14.5 Å². The zero-order chi connectivity index (χ0) is 31.4. The number of hydrogen-bond donors (Lipinski definition) is 1. The van der Waals surface area contributed by atoms with Crippen LogP contribution in [0.2, 0.25) is 0 Å². The van der Waals surface area contributed by atoms with Crippen LogP contribution in [0.15, 0.2) is 51.0 Å². The van der Waals surface area contributed by atoms with Crippen molar-refractivity contribution < 1.29 is 22.2 Å². The van der Waals surface area contributed by atoms with Gasteiger partial charge >= 0.3 is 5.69 Å². The van der Waals surface area contributed by atoms with Gasteiger partial charge in [-0.2, -0.15) is 4.31 Å². The van der Waals surface area contributed by atoms with Gasteiger partial charge in [0.2, 0.25) is 16.6 Å². The Bertz CT molecular complexity index is 1470. The molecule has 0 saturated carbocycles. The molecule has 0 aliphatic carbocycles. The van der Waals surface area contributed by atoms with Crippen molar-refractivity contribution >= 4 is 18.5 Å². The molecule has 0 amide bonds. The summed E-state index contributed by atoms with van der Waals surface area (Å²) in [7, 11) is -4.45. The van der Waals surface area contributed by atoms with Crippen LogP contribution in [-0.4, -0.2) is 77.0 Å². The van der Waals surface area contributed by atoms with Gasteiger partial charge < -0.3 is 18.6 Å². The number of likely N-dealkylation sites (N-methyl/N-ethyl adjacent to an activating group) is 1. The van der Waals surface area contributed by atoms with Gasteiger partial charge in [-0.3, -0.25) is 14.3 Å². The number of H-pyrrole nitrogens is 1. The minimum atomic E-state index is -4.10. The van der Waals surface area contributed by atoms with Gasteiger partial charge in [-0.25, -0.2) is 24.5 Å². The Morgan fingerprint density at radius 2 is 1.81 bits per heavy atom. The maximum Gasteiger partial charge on any atom is 0.330 e. The van der Waals surface area contributed by atoms with E-state index >= 15 is 0 Å². The van der Waals surface area contributed by atoms with Crippen molar-refractivity contribution in [2.45, 2.75) is 95.8 Å². The fourth-order valence-electron chi connectivity index (χ4n) is 5.05. The molecule has 0 bridgehead atoms. The molecule has 2 heterocycles. The number of sulfonamides is 1. The largest absolute Gasteiger partial charge is 0.347 e. The van der Waals surface area contributed by atoms with E-state index in [1.807, 2.05) is 41.5 Å². The van der Waals surface area contributed by atoms with Crippen molar-refractivity contribution in [2.75, 3.05) is 20.2 Å².